The molecule has 6 heteroatoms. The van der Waals surface area contributed by atoms with Gasteiger partial charge >= 0.3 is 0 Å². The third-order valence-electron chi connectivity index (χ3n) is 4.27. The van der Waals surface area contributed by atoms with E-state index in [0.717, 1.165) is 37.1 Å². The minimum Gasteiger partial charge on any atom is -0.496 e. The van der Waals surface area contributed by atoms with Crippen molar-refractivity contribution < 1.29 is 13.2 Å². The molecule has 1 fully saturated rings. The molecule has 5 nitrogen and oxygen atoms in total. The first-order valence-electron chi connectivity index (χ1n) is 7.67. The minimum absolute atomic E-state index is 0.305. The van der Waals surface area contributed by atoms with Gasteiger partial charge in [0.2, 0.25) is 10.0 Å². The number of nitrogens with one attached hydrogen (secondary N) is 1. The minimum atomic E-state index is -3.51. The molecule has 1 unspecified atom stereocenters. The molecule has 1 aliphatic rings. The Morgan fingerprint density at radius 2 is 2.05 bits per heavy atom. The molecular formula is C16H26N2O3S. The number of nitrogens with zero attached hydrogens (tertiary/aromatic N) is 1. The Morgan fingerprint density at radius 3 is 2.68 bits per heavy atom. The van der Waals surface area contributed by atoms with Gasteiger partial charge in [-0.15, -0.1) is 0 Å². The molecule has 2 rings (SSSR count). The molecule has 1 atom stereocenters. The number of aryl methyl sites for hydroxylation is 2. The van der Waals surface area contributed by atoms with Crippen LogP contribution in [0.15, 0.2) is 17.0 Å². The van der Waals surface area contributed by atoms with Crippen LogP contribution in [0.25, 0.3) is 0 Å². The predicted octanol–water partition coefficient (Wildman–Crippen LogP) is 1.93. The second kappa shape index (κ2) is 6.98. The van der Waals surface area contributed by atoms with E-state index in [2.05, 4.69) is 16.7 Å². The first-order chi connectivity index (χ1) is 10.3. The Labute approximate surface area is 133 Å². The van der Waals surface area contributed by atoms with E-state index in [-0.39, 0.29) is 0 Å². The molecule has 0 spiro atoms. The van der Waals surface area contributed by atoms with Crippen molar-refractivity contribution in [2.75, 3.05) is 33.8 Å². The summed E-state index contributed by atoms with van der Waals surface area (Å²) < 4.78 is 33.2. The Hall–Kier alpha value is -1.11. The lowest BCUT2D eigenvalue weighted by atomic mass is 9.99. The number of likely N-dealkylation sites (tertiary alicyclic amines) is 1. The van der Waals surface area contributed by atoms with E-state index in [9.17, 15) is 8.42 Å². The second-order valence-corrected chi connectivity index (χ2v) is 7.95. The fraction of sp³-hybridized carbons (Fsp3) is 0.625. The molecule has 0 amide bonds. The fourth-order valence-electron chi connectivity index (χ4n) is 3.07. The summed E-state index contributed by atoms with van der Waals surface area (Å²) in [4.78, 5) is 2.56. The summed E-state index contributed by atoms with van der Waals surface area (Å²) >= 11 is 0. The molecule has 0 aliphatic carbocycles. The average Bonchev–Trinajstić information content (AvgIpc) is 2.45. The van der Waals surface area contributed by atoms with Crippen LogP contribution in [0.1, 0.15) is 24.0 Å². The van der Waals surface area contributed by atoms with Crippen LogP contribution in [0.5, 0.6) is 5.75 Å². The van der Waals surface area contributed by atoms with Crippen molar-refractivity contribution in [2.24, 2.45) is 5.92 Å². The van der Waals surface area contributed by atoms with E-state index in [0.29, 0.717) is 23.1 Å². The fourth-order valence-corrected chi connectivity index (χ4v) is 4.42. The predicted molar refractivity (Wildman–Crippen MR) is 87.9 cm³/mol. The van der Waals surface area contributed by atoms with Crippen molar-refractivity contribution in [3.05, 3.63) is 23.3 Å². The van der Waals surface area contributed by atoms with E-state index >= 15 is 0 Å². The summed E-state index contributed by atoms with van der Waals surface area (Å²) in [6.07, 6.45) is 2.20. The van der Waals surface area contributed by atoms with Gasteiger partial charge in [0, 0.05) is 19.2 Å². The van der Waals surface area contributed by atoms with Crippen LogP contribution in [0.3, 0.4) is 0 Å². The van der Waals surface area contributed by atoms with Gasteiger partial charge in [0.05, 0.1) is 12.0 Å². The topological polar surface area (TPSA) is 58.6 Å². The standard InChI is InChI=1S/C16H26N2O3S/c1-12-8-13(2)16(9-15(12)21-4)22(19,20)17-10-14-6-5-7-18(3)11-14/h8-9,14,17H,5-7,10-11H2,1-4H3. The van der Waals surface area contributed by atoms with Crippen LogP contribution in [0.2, 0.25) is 0 Å². The Kier molecular flexibility index (Phi) is 5.47. The highest BCUT2D eigenvalue weighted by Gasteiger charge is 2.22. The van der Waals surface area contributed by atoms with E-state index in [1.165, 1.54) is 0 Å². The molecular weight excluding hydrogens is 300 g/mol. The van der Waals surface area contributed by atoms with Gasteiger partial charge in [0.15, 0.2) is 0 Å². The van der Waals surface area contributed by atoms with Crippen LogP contribution < -0.4 is 9.46 Å². The Balaban J connectivity index is 2.13. The van der Waals surface area contributed by atoms with E-state index < -0.39 is 10.0 Å². The van der Waals surface area contributed by atoms with Crippen molar-refractivity contribution in [3.8, 4) is 5.75 Å². The van der Waals surface area contributed by atoms with Crippen LogP contribution in [0.4, 0.5) is 0 Å². The molecule has 22 heavy (non-hydrogen) atoms. The van der Waals surface area contributed by atoms with Gasteiger partial charge < -0.3 is 9.64 Å². The molecule has 0 bridgehead atoms. The second-order valence-electron chi connectivity index (χ2n) is 6.21. The maximum Gasteiger partial charge on any atom is 0.240 e. The molecule has 0 saturated carbocycles. The van der Waals surface area contributed by atoms with Gasteiger partial charge in [0.25, 0.3) is 0 Å². The third-order valence-corrected chi connectivity index (χ3v) is 5.83. The number of benzene rings is 1. The number of rotatable bonds is 5. The summed E-state index contributed by atoms with van der Waals surface area (Å²) in [6.45, 7) is 6.25. The smallest absolute Gasteiger partial charge is 0.240 e. The zero-order chi connectivity index (χ0) is 16.3. The molecule has 0 radical (unpaired) electrons. The summed E-state index contributed by atoms with van der Waals surface area (Å²) in [5, 5.41) is 0. The Bertz CT molecular complexity index is 629. The maximum absolute atomic E-state index is 12.6. The van der Waals surface area contributed by atoms with Gasteiger partial charge in [-0.2, -0.15) is 0 Å². The molecule has 1 N–H and O–H groups in total. The summed E-state index contributed by atoms with van der Waals surface area (Å²) in [6, 6.07) is 3.46. The lowest BCUT2D eigenvalue weighted by Crippen LogP contribution is -2.39. The van der Waals surface area contributed by atoms with Crippen molar-refractivity contribution >= 4 is 10.0 Å². The molecule has 1 aromatic carbocycles. The summed E-state index contributed by atoms with van der Waals surface area (Å²) in [7, 11) is 0.128. The van der Waals surface area contributed by atoms with Gasteiger partial charge in [-0.1, -0.05) is 6.07 Å². The summed E-state index contributed by atoms with van der Waals surface area (Å²) in [5.74, 6) is 0.976. The van der Waals surface area contributed by atoms with Crippen molar-refractivity contribution in [3.63, 3.8) is 0 Å². The van der Waals surface area contributed by atoms with Crippen LogP contribution in [-0.4, -0.2) is 47.1 Å². The highest BCUT2D eigenvalue weighted by molar-refractivity contribution is 7.89. The zero-order valence-electron chi connectivity index (χ0n) is 13.8. The van der Waals surface area contributed by atoms with Crippen molar-refractivity contribution in [1.29, 1.82) is 0 Å². The SMILES string of the molecule is COc1cc(S(=O)(=O)NCC2CCCN(C)C2)c(C)cc1C. The van der Waals surface area contributed by atoms with Crippen LogP contribution >= 0.6 is 0 Å². The molecule has 1 aromatic rings. The van der Waals surface area contributed by atoms with Gasteiger partial charge in [0.1, 0.15) is 5.75 Å². The first kappa shape index (κ1) is 17.2. The zero-order valence-corrected chi connectivity index (χ0v) is 14.7. The molecule has 1 heterocycles. The molecule has 1 aliphatic heterocycles. The third kappa shape index (κ3) is 4.00. The highest BCUT2D eigenvalue weighted by atomic mass is 32.2. The average molecular weight is 326 g/mol. The lowest BCUT2D eigenvalue weighted by molar-refractivity contribution is 0.211. The number of hydrogen-bond donors (Lipinski definition) is 1. The van der Waals surface area contributed by atoms with E-state index in [1.807, 2.05) is 19.9 Å². The van der Waals surface area contributed by atoms with Crippen molar-refractivity contribution in [2.45, 2.75) is 31.6 Å². The number of methoxy groups -OCH3 is 1. The number of sulfonamides is 1. The van der Waals surface area contributed by atoms with Gasteiger partial charge in [-0.05, 0) is 57.3 Å². The van der Waals surface area contributed by atoms with Gasteiger partial charge in [-0.3, -0.25) is 0 Å². The number of piperidine rings is 1. The molecule has 0 aromatic heterocycles. The Morgan fingerprint density at radius 1 is 1.32 bits per heavy atom. The summed E-state index contributed by atoms with van der Waals surface area (Å²) in [5.41, 5.74) is 1.68. The number of ether oxygens (including phenoxy) is 1. The normalized spacial score (nSPS) is 20.1. The van der Waals surface area contributed by atoms with E-state index in [4.69, 9.17) is 4.74 Å². The highest BCUT2D eigenvalue weighted by Crippen LogP contribution is 2.26. The van der Waals surface area contributed by atoms with Crippen molar-refractivity contribution in [1.82, 2.24) is 9.62 Å². The maximum atomic E-state index is 12.6. The molecule has 1 saturated heterocycles. The van der Waals surface area contributed by atoms with E-state index in [1.54, 1.807) is 13.2 Å². The van der Waals surface area contributed by atoms with Crippen LogP contribution in [-0.2, 0) is 10.0 Å². The molecule has 124 valence electrons. The first-order valence-corrected chi connectivity index (χ1v) is 9.15. The largest absolute Gasteiger partial charge is 0.496 e. The van der Waals surface area contributed by atoms with Crippen LogP contribution in [0, 0.1) is 19.8 Å². The van der Waals surface area contributed by atoms with Gasteiger partial charge in [-0.25, -0.2) is 13.1 Å². The monoisotopic (exact) mass is 326 g/mol. The lowest BCUT2D eigenvalue weighted by Gasteiger charge is -2.29. The number of hydrogen-bond acceptors (Lipinski definition) is 4. The quantitative estimate of drug-likeness (QED) is 0.898.